The van der Waals surface area contributed by atoms with Gasteiger partial charge in [0.05, 0.1) is 11.8 Å². The third kappa shape index (κ3) is 0.881. The highest BCUT2D eigenvalue weighted by Crippen LogP contribution is 2.14. The standard InChI is InChI=1S/C4H7NOS/c1-7-4-2-3(6)5-4/h4H,2H2,1H3,(H,5,6). The SMILES string of the molecule is CSC1CC(=O)N1. The second-order valence-corrected chi connectivity index (χ2v) is 2.54. The van der Waals surface area contributed by atoms with Crippen molar-refractivity contribution in [2.24, 2.45) is 0 Å². The summed E-state index contributed by atoms with van der Waals surface area (Å²) in [6.45, 7) is 0. The fraction of sp³-hybridized carbons (Fsp3) is 0.750. The molecule has 1 aliphatic heterocycles. The normalized spacial score (nSPS) is 28.7. The van der Waals surface area contributed by atoms with Gasteiger partial charge in [0.25, 0.3) is 0 Å². The Morgan fingerprint density at radius 2 is 2.57 bits per heavy atom. The van der Waals surface area contributed by atoms with E-state index >= 15 is 0 Å². The summed E-state index contributed by atoms with van der Waals surface area (Å²) in [7, 11) is 0. The van der Waals surface area contributed by atoms with Crippen molar-refractivity contribution in [2.45, 2.75) is 11.8 Å². The Morgan fingerprint density at radius 1 is 2.00 bits per heavy atom. The van der Waals surface area contributed by atoms with Crippen molar-refractivity contribution in [3.05, 3.63) is 0 Å². The summed E-state index contributed by atoms with van der Waals surface area (Å²) in [6.07, 6.45) is 2.70. The molecule has 0 aromatic heterocycles. The Labute approximate surface area is 46.7 Å². The Morgan fingerprint density at radius 3 is 2.71 bits per heavy atom. The van der Waals surface area contributed by atoms with Gasteiger partial charge in [-0.1, -0.05) is 0 Å². The quantitative estimate of drug-likeness (QED) is 0.497. The van der Waals surface area contributed by atoms with Gasteiger partial charge in [0.15, 0.2) is 0 Å². The zero-order valence-corrected chi connectivity index (χ0v) is 4.92. The van der Waals surface area contributed by atoms with Crippen LogP contribution in [0, 0.1) is 0 Å². The number of nitrogens with one attached hydrogen (secondary N) is 1. The Hall–Kier alpha value is -0.180. The van der Waals surface area contributed by atoms with Crippen molar-refractivity contribution in [3.63, 3.8) is 0 Å². The van der Waals surface area contributed by atoms with Gasteiger partial charge in [-0.2, -0.15) is 0 Å². The van der Waals surface area contributed by atoms with Gasteiger partial charge in [0.1, 0.15) is 0 Å². The number of β-lactam (4-membered cyclic amide) rings is 1. The fourth-order valence-corrected chi connectivity index (χ4v) is 1.04. The number of thioether (sulfide) groups is 1. The van der Waals surface area contributed by atoms with Gasteiger partial charge >= 0.3 is 0 Å². The lowest BCUT2D eigenvalue weighted by atomic mass is 10.3. The maximum atomic E-state index is 10.1. The van der Waals surface area contributed by atoms with E-state index in [2.05, 4.69) is 5.32 Å². The highest BCUT2D eigenvalue weighted by Gasteiger charge is 2.22. The molecular weight excluding hydrogens is 110 g/mol. The highest BCUT2D eigenvalue weighted by atomic mass is 32.2. The van der Waals surface area contributed by atoms with Crippen LogP contribution in [0.3, 0.4) is 0 Å². The minimum Gasteiger partial charge on any atom is -0.344 e. The summed E-state index contributed by atoms with van der Waals surface area (Å²) in [6, 6.07) is 0. The monoisotopic (exact) mass is 117 g/mol. The van der Waals surface area contributed by atoms with Crippen LogP contribution >= 0.6 is 11.8 Å². The van der Waals surface area contributed by atoms with E-state index in [4.69, 9.17) is 0 Å². The molecule has 40 valence electrons. The maximum Gasteiger partial charge on any atom is 0.223 e. The third-order valence-electron chi connectivity index (χ3n) is 0.977. The molecule has 0 aliphatic carbocycles. The van der Waals surface area contributed by atoms with E-state index in [1.165, 1.54) is 0 Å². The third-order valence-corrected chi connectivity index (χ3v) is 1.83. The Bertz CT molecular complexity index is 85.7. The van der Waals surface area contributed by atoms with Crippen LogP contribution in [0.4, 0.5) is 0 Å². The fourth-order valence-electron chi connectivity index (χ4n) is 0.469. The number of hydrogen-bond acceptors (Lipinski definition) is 2. The number of hydrogen-bond donors (Lipinski definition) is 1. The highest BCUT2D eigenvalue weighted by molar-refractivity contribution is 7.99. The van der Waals surface area contributed by atoms with Crippen LogP contribution < -0.4 is 5.32 Å². The predicted octanol–water partition coefficient (Wildman–Crippen LogP) is 0.195. The molecule has 0 aromatic rings. The van der Waals surface area contributed by atoms with E-state index in [9.17, 15) is 4.79 Å². The van der Waals surface area contributed by atoms with Crippen LogP contribution in [0.1, 0.15) is 6.42 Å². The lowest BCUT2D eigenvalue weighted by Gasteiger charge is -2.24. The first kappa shape index (κ1) is 4.97. The molecule has 1 fully saturated rings. The van der Waals surface area contributed by atoms with Crippen molar-refractivity contribution in [3.8, 4) is 0 Å². The molecule has 0 bridgehead atoms. The molecule has 0 saturated carbocycles. The second kappa shape index (κ2) is 1.74. The maximum absolute atomic E-state index is 10.1. The Kier molecular flexibility index (Phi) is 1.23. The van der Waals surface area contributed by atoms with E-state index in [1.807, 2.05) is 6.26 Å². The van der Waals surface area contributed by atoms with Gasteiger partial charge in [0.2, 0.25) is 5.91 Å². The summed E-state index contributed by atoms with van der Waals surface area (Å²) in [5.41, 5.74) is 0. The van der Waals surface area contributed by atoms with Gasteiger partial charge in [0, 0.05) is 0 Å². The molecule has 0 spiro atoms. The molecule has 0 radical (unpaired) electrons. The average Bonchev–Trinajstić information content (AvgIpc) is 1.58. The largest absolute Gasteiger partial charge is 0.344 e. The predicted molar refractivity (Wildman–Crippen MR) is 30.1 cm³/mol. The van der Waals surface area contributed by atoms with Gasteiger partial charge in [-0.25, -0.2) is 0 Å². The minimum absolute atomic E-state index is 0.180. The molecule has 1 aliphatic rings. The summed E-state index contributed by atoms with van der Waals surface area (Å²) < 4.78 is 0. The van der Waals surface area contributed by atoms with Crippen LogP contribution in [0.25, 0.3) is 0 Å². The zero-order valence-electron chi connectivity index (χ0n) is 4.10. The van der Waals surface area contributed by atoms with Crippen molar-refractivity contribution < 1.29 is 4.79 Å². The van der Waals surface area contributed by atoms with Gasteiger partial charge in [-0.15, -0.1) is 11.8 Å². The van der Waals surface area contributed by atoms with E-state index in [1.54, 1.807) is 11.8 Å². The van der Waals surface area contributed by atoms with E-state index in [0.29, 0.717) is 11.8 Å². The Balaban J connectivity index is 2.17. The summed E-state index contributed by atoms with van der Waals surface area (Å²) in [5.74, 6) is 0.180. The van der Waals surface area contributed by atoms with Gasteiger partial charge < -0.3 is 5.32 Å². The number of rotatable bonds is 1. The van der Waals surface area contributed by atoms with Crippen molar-refractivity contribution in [1.29, 1.82) is 0 Å². The molecule has 3 heteroatoms. The van der Waals surface area contributed by atoms with Crippen LogP contribution in [-0.2, 0) is 4.79 Å². The van der Waals surface area contributed by atoms with Crippen molar-refractivity contribution in [1.82, 2.24) is 5.32 Å². The molecule has 1 amide bonds. The minimum atomic E-state index is 0.180. The first-order valence-electron chi connectivity index (χ1n) is 2.15. The second-order valence-electron chi connectivity index (χ2n) is 1.50. The average molecular weight is 117 g/mol. The number of carbonyl (C=O) groups is 1. The first-order valence-corrected chi connectivity index (χ1v) is 3.44. The topological polar surface area (TPSA) is 29.1 Å². The first-order chi connectivity index (χ1) is 3.33. The number of amides is 1. The molecule has 0 aromatic carbocycles. The molecule has 7 heavy (non-hydrogen) atoms. The van der Waals surface area contributed by atoms with E-state index in [-0.39, 0.29) is 5.91 Å². The van der Waals surface area contributed by atoms with Crippen molar-refractivity contribution in [2.75, 3.05) is 6.26 Å². The van der Waals surface area contributed by atoms with E-state index < -0.39 is 0 Å². The van der Waals surface area contributed by atoms with Crippen LogP contribution in [0.5, 0.6) is 0 Å². The smallest absolute Gasteiger partial charge is 0.223 e. The summed E-state index contributed by atoms with van der Waals surface area (Å²) in [4.78, 5) is 10.1. The molecule has 1 heterocycles. The lowest BCUT2D eigenvalue weighted by Crippen LogP contribution is -2.45. The summed E-state index contributed by atoms with van der Waals surface area (Å²) >= 11 is 1.68. The molecule has 1 atom stereocenters. The van der Waals surface area contributed by atoms with Crippen LogP contribution in [0.2, 0.25) is 0 Å². The van der Waals surface area contributed by atoms with Crippen LogP contribution in [0.15, 0.2) is 0 Å². The zero-order chi connectivity index (χ0) is 5.28. The van der Waals surface area contributed by atoms with Gasteiger partial charge in [-0.3, -0.25) is 4.79 Å². The molecule has 1 rings (SSSR count). The van der Waals surface area contributed by atoms with Crippen molar-refractivity contribution >= 4 is 17.7 Å². The lowest BCUT2D eigenvalue weighted by molar-refractivity contribution is -0.126. The van der Waals surface area contributed by atoms with Crippen LogP contribution in [-0.4, -0.2) is 17.5 Å². The molecule has 2 nitrogen and oxygen atoms in total. The number of carbonyl (C=O) groups excluding carboxylic acids is 1. The van der Waals surface area contributed by atoms with E-state index in [0.717, 1.165) is 0 Å². The molecule has 1 unspecified atom stereocenters. The summed E-state index contributed by atoms with van der Waals surface area (Å²) in [5, 5.41) is 3.13. The molecule has 1 N–H and O–H groups in total. The molecular formula is C4H7NOS. The van der Waals surface area contributed by atoms with Gasteiger partial charge in [-0.05, 0) is 6.26 Å². The molecule has 1 saturated heterocycles.